The van der Waals surface area contributed by atoms with Gasteiger partial charge in [0, 0.05) is 0 Å². The molecule has 0 aliphatic carbocycles. The van der Waals surface area contributed by atoms with Gasteiger partial charge in [-0.2, -0.15) is 0 Å². The Balaban J connectivity index is 4.35. The van der Waals surface area contributed by atoms with Crippen molar-refractivity contribution in [1.82, 2.24) is 0 Å². The van der Waals surface area contributed by atoms with E-state index < -0.39 is 0 Å². The monoisotopic (exact) mass is 214 g/mol. The molecule has 2 nitrogen and oxygen atoms in total. The Bertz CT molecular complexity index is 205. The van der Waals surface area contributed by atoms with Gasteiger partial charge in [-0.1, -0.05) is 26.7 Å². The SMILES string of the molecule is CCCC(C)(C)OC(=O)C(C)(C)CCC. The van der Waals surface area contributed by atoms with E-state index in [-0.39, 0.29) is 17.0 Å². The standard InChI is InChI=1S/C13H26O2/c1-7-9-12(3,4)11(14)15-13(5,6)10-8-2/h7-10H2,1-6H3. The van der Waals surface area contributed by atoms with Crippen molar-refractivity contribution in [1.29, 1.82) is 0 Å². The number of rotatable bonds is 6. The van der Waals surface area contributed by atoms with Crippen LogP contribution in [0.2, 0.25) is 0 Å². The highest BCUT2D eigenvalue weighted by Gasteiger charge is 2.32. The average Bonchev–Trinajstić information content (AvgIpc) is 2.02. The van der Waals surface area contributed by atoms with E-state index in [1.165, 1.54) is 0 Å². The van der Waals surface area contributed by atoms with E-state index in [1.807, 2.05) is 27.7 Å². The highest BCUT2D eigenvalue weighted by atomic mass is 16.6. The summed E-state index contributed by atoms with van der Waals surface area (Å²) in [4.78, 5) is 11.9. The van der Waals surface area contributed by atoms with Crippen molar-refractivity contribution >= 4 is 5.97 Å². The predicted molar refractivity (Wildman–Crippen MR) is 63.8 cm³/mol. The molecule has 0 radical (unpaired) electrons. The molecule has 0 heterocycles. The van der Waals surface area contributed by atoms with Crippen molar-refractivity contribution in [3.8, 4) is 0 Å². The van der Waals surface area contributed by atoms with E-state index in [0.29, 0.717) is 0 Å². The molecule has 0 fully saturated rings. The molecule has 0 spiro atoms. The van der Waals surface area contributed by atoms with Crippen molar-refractivity contribution < 1.29 is 9.53 Å². The Morgan fingerprint density at radius 2 is 1.47 bits per heavy atom. The fourth-order valence-electron chi connectivity index (χ4n) is 1.77. The van der Waals surface area contributed by atoms with Crippen LogP contribution >= 0.6 is 0 Å². The summed E-state index contributed by atoms with van der Waals surface area (Å²) >= 11 is 0. The van der Waals surface area contributed by atoms with E-state index in [1.54, 1.807) is 0 Å². The number of hydrogen-bond donors (Lipinski definition) is 0. The molecule has 90 valence electrons. The molecule has 0 amide bonds. The lowest BCUT2D eigenvalue weighted by atomic mass is 9.88. The third-order valence-corrected chi connectivity index (χ3v) is 2.65. The van der Waals surface area contributed by atoms with Crippen LogP contribution in [0, 0.1) is 5.41 Å². The zero-order chi connectivity index (χ0) is 12.1. The Labute approximate surface area is 94.4 Å². The average molecular weight is 214 g/mol. The first-order valence-corrected chi connectivity index (χ1v) is 5.98. The summed E-state index contributed by atoms with van der Waals surface area (Å²) in [6, 6.07) is 0. The van der Waals surface area contributed by atoms with E-state index in [4.69, 9.17) is 4.74 Å². The minimum Gasteiger partial charge on any atom is -0.459 e. The summed E-state index contributed by atoms with van der Waals surface area (Å²) in [6.45, 7) is 12.1. The van der Waals surface area contributed by atoms with E-state index in [0.717, 1.165) is 25.7 Å². The number of carbonyl (C=O) groups is 1. The first-order chi connectivity index (χ1) is 6.75. The predicted octanol–water partition coefficient (Wildman–Crippen LogP) is 3.93. The quantitative estimate of drug-likeness (QED) is 0.626. The Hall–Kier alpha value is -0.530. The van der Waals surface area contributed by atoms with Gasteiger partial charge in [-0.05, 0) is 40.5 Å². The summed E-state index contributed by atoms with van der Waals surface area (Å²) in [6.07, 6.45) is 3.85. The molecule has 0 bridgehead atoms. The summed E-state index contributed by atoms with van der Waals surface area (Å²) in [5.41, 5.74) is -0.670. The van der Waals surface area contributed by atoms with Gasteiger partial charge in [0.2, 0.25) is 0 Å². The van der Waals surface area contributed by atoms with Crippen LogP contribution in [0.5, 0.6) is 0 Å². The molecule has 0 unspecified atom stereocenters. The largest absolute Gasteiger partial charge is 0.459 e. The molecule has 0 saturated heterocycles. The normalized spacial score (nSPS) is 12.7. The Morgan fingerprint density at radius 3 is 1.87 bits per heavy atom. The molecule has 0 aromatic heterocycles. The zero-order valence-electron chi connectivity index (χ0n) is 11.1. The van der Waals surface area contributed by atoms with Crippen molar-refractivity contribution in [2.45, 2.75) is 72.8 Å². The van der Waals surface area contributed by atoms with Gasteiger partial charge in [0.1, 0.15) is 5.60 Å². The van der Waals surface area contributed by atoms with Gasteiger partial charge in [0.15, 0.2) is 0 Å². The van der Waals surface area contributed by atoms with Crippen LogP contribution in [0.3, 0.4) is 0 Å². The molecule has 15 heavy (non-hydrogen) atoms. The Morgan fingerprint density at radius 1 is 1.00 bits per heavy atom. The number of ether oxygens (including phenoxy) is 1. The minimum atomic E-state index is -0.347. The van der Waals surface area contributed by atoms with Crippen LogP contribution in [0.15, 0.2) is 0 Å². The van der Waals surface area contributed by atoms with Crippen molar-refractivity contribution in [2.24, 2.45) is 5.41 Å². The van der Waals surface area contributed by atoms with Gasteiger partial charge in [0.05, 0.1) is 5.41 Å². The van der Waals surface area contributed by atoms with Crippen molar-refractivity contribution in [3.05, 3.63) is 0 Å². The molecule has 0 aliphatic heterocycles. The van der Waals surface area contributed by atoms with Gasteiger partial charge in [-0.25, -0.2) is 0 Å². The second kappa shape index (κ2) is 5.53. The number of esters is 1. The molecule has 0 aliphatic rings. The van der Waals surface area contributed by atoms with Gasteiger partial charge < -0.3 is 4.74 Å². The van der Waals surface area contributed by atoms with Gasteiger partial charge >= 0.3 is 5.97 Å². The summed E-state index contributed by atoms with van der Waals surface area (Å²) in [5.74, 6) is -0.0669. The first-order valence-electron chi connectivity index (χ1n) is 5.98. The molecule has 0 atom stereocenters. The van der Waals surface area contributed by atoms with Gasteiger partial charge in [-0.3, -0.25) is 4.79 Å². The summed E-state index contributed by atoms with van der Waals surface area (Å²) < 4.78 is 5.56. The first kappa shape index (κ1) is 14.5. The lowest BCUT2D eigenvalue weighted by Gasteiger charge is -2.30. The van der Waals surface area contributed by atoms with Crippen LogP contribution in [0.1, 0.15) is 67.2 Å². The number of hydrogen-bond acceptors (Lipinski definition) is 2. The molecular weight excluding hydrogens is 188 g/mol. The van der Waals surface area contributed by atoms with Crippen LogP contribution < -0.4 is 0 Å². The van der Waals surface area contributed by atoms with E-state index >= 15 is 0 Å². The third-order valence-electron chi connectivity index (χ3n) is 2.65. The zero-order valence-corrected chi connectivity index (χ0v) is 11.1. The summed E-state index contributed by atoms with van der Waals surface area (Å²) in [7, 11) is 0. The highest BCUT2D eigenvalue weighted by Crippen LogP contribution is 2.28. The maximum Gasteiger partial charge on any atom is 0.312 e. The van der Waals surface area contributed by atoms with E-state index in [2.05, 4.69) is 13.8 Å². The Kier molecular flexibility index (Phi) is 5.33. The molecule has 0 rings (SSSR count). The van der Waals surface area contributed by atoms with Crippen LogP contribution in [-0.4, -0.2) is 11.6 Å². The molecule has 0 aromatic carbocycles. The topological polar surface area (TPSA) is 26.3 Å². The minimum absolute atomic E-state index is 0.0669. The third kappa shape index (κ3) is 5.19. The van der Waals surface area contributed by atoms with Crippen molar-refractivity contribution in [3.63, 3.8) is 0 Å². The number of carbonyl (C=O) groups excluding carboxylic acids is 1. The fraction of sp³-hybridized carbons (Fsp3) is 0.923. The van der Waals surface area contributed by atoms with Crippen LogP contribution in [0.4, 0.5) is 0 Å². The van der Waals surface area contributed by atoms with Crippen LogP contribution in [-0.2, 0) is 9.53 Å². The second-order valence-corrected chi connectivity index (χ2v) is 5.53. The van der Waals surface area contributed by atoms with E-state index in [9.17, 15) is 4.79 Å². The molecule has 0 aromatic rings. The van der Waals surface area contributed by atoms with Crippen LogP contribution in [0.25, 0.3) is 0 Å². The maximum absolute atomic E-state index is 11.9. The molecule has 0 N–H and O–H groups in total. The lowest BCUT2D eigenvalue weighted by Crippen LogP contribution is -2.35. The highest BCUT2D eigenvalue weighted by molar-refractivity contribution is 5.76. The second-order valence-electron chi connectivity index (χ2n) is 5.53. The van der Waals surface area contributed by atoms with Gasteiger partial charge in [0.25, 0.3) is 0 Å². The van der Waals surface area contributed by atoms with Gasteiger partial charge in [-0.15, -0.1) is 0 Å². The van der Waals surface area contributed by atoms with Crippen molar-refractivity contribution in [2.75, 3.05) is 0 Å². The molecular formula is C13H26O2. The fourth-order valence-corrected chi connectivity index (χ4v) is 1.77. The molecule has 2 heteroatoms. The smallest absolute Gasteiger partial charge is 0.312 e. The lowest BCUT2D eigenvalue weighted by molar-refractivity contribution is -0.168. The summed E-state index contributed by atoms with van der Waals surface area (Å²) in [5, 5.41) is 0. The maximum atomic E-state index is 11.9. The molecule has 0 saturated carbocycles.